The Bertz CT molecular complexity index is 816. The van der Waals surface area contributed by atoms with E-state index in [0.717, 1.165) is 10.6 Å². The van der Waals surface area contributed by atoms with Crippen LogP contribution in [-0.2, 0) is 0 Å². The number of rotatable bonds is 5. The molecule has 0 fully saturated rings. The van der Waals surface area contributed by atoms with Crippen LogP contribution in [0.15, 0.2) is 86.8 Å². The lowest BCUT2D eigenvalue weighted by Crippen LogP contribution is -1.80. The summed E-state index contributed by atoms with van der Waals surface area (Å²) in [6, 6.07) is 25.2. The number of hydrogen-bond donors (Lipinski definition) is 0. The molecule has 0 amide bonds. The Morgan fingerprint density at radius 3 is 1.68 bits per heavy atom. The largest absolute Gasteiger partial charge is 0.0837 e. The Kier molecular flexibility index (Phi) is 6.30. The maximum absolute atomic E-state index is 6.35. The van der Waals surface area contributed by atoms with Gasteiger partial charge in [0.1, 0.15) is 0 Å². The lowest BCUT2D eigenvalue weighted by atomic mass is 10.2. The summed E-state index contributed by atoms with van der Waals surface area (Å²) in [6.45, 7) is 4.21. The van der Waals surface area contributed by atoms with Crippen LogP contribution in [0.3, 0.4) is 0 Å². The molecule has 0 aliphatic heterocycles. The zero-order chi connectivity index (χ0) is 17.6. The highest BCUT2D eigenvalue weighted by atomic mass is 35.5. The number of hydrogen-bond acceptors (Lipinski definition) is 2. The third-order valence-corrected chi connectivity index (χ3v) is 6.16. The Labute approximate surface area is 163 Å². The second-order valence-electron chi connectivity index (χ2n) is 5.82. The van der Waals surface area contributed by atoms with Crippen LogP contribution in [0.25, 0.3) is 6.08 Å². The van der Waals surface area contributed by atoms with Crippen LogP contribution in [0.1, 0.15) is 16.7 Å². The van der Waals surface area contributed by atoms with E-state index in [0.29, 0.717) is 0 Å². The molecule has 126 valence electrons. The van der Waals surface area contributed by atoms with E-state index in [1.54, 1.807) is 23.5 Å². The first-order valence-electron chi connectivity index (χ1n) is 8.05. The van der Waals surface area contributed by atoms with E-state index in [9.17, 15) is 0 Å². The maximum atomic E-state index is 6.35. The van der Waals surface area contributed by atoms with Gasteiger partial charge in [0.25, 0.3) is 0 Å². The Morgan fingerprint density at radius 1 is 0.720 bits per heavy atom. The van der Waals surface area contributed by atoms with Gasteiger partial charge in [-0.1, -0.05) is 88.7 Å². The fraction of sp³-hybridized carbons (Fsp3) is 0.0909. The van der Waals surface area contributed by atoms with Crippen LogP contribution in [0.5, 0.6) is 0 Å². The predicted molar refractivity (Wildman–Crippen MR) is 114 cm³/mol. The lowest BCUT2D eigenvalue weighted by Gasteiger charge is -2.09. The minimum atomic E-state index is 0.772. The average molecular weight is 383 g/mol. The zero-order valence-electron chi connectivity index (χ0n) is 14.2. The predicted octanol–water partition coefficient (Wildman–Crippen LogP) is 7.84. The maximum Gasteiger partial charge on any atom is 0.0505 e. The molecular weight excluding hydrogens is 364 g/mol. The van der Waals surface area contributed by atoms with Crippen molar-refractivity contribution in [2.24, 2.45) is 0 Å². The van der Waals surface area contributed by atoms with Gasteiger partial charge in [0.2, 0.25) is 0 Å². The highest BCUT2D eigenvalue weighted by molar-refractivity contribution is 8.22. The highest BCUT2D eigenvalue weighted by Crippen LogP contribution is 2.41. The number of benzene rings is 3. The Morgan fingerprint density at radius 2 is 1.20 bits per heavy atom. The first kappa shape index (κ1) is 18.2. The van der Waals surface area contributed by atoms with E-state index in [1.165, 1.54) is 25.2 Å². The van der Waals surface area contributed by atoms with Crippen molar-refractivity contribution < 1.29 is 0 Å². The fourth-order valence-electron chi connectivity index (χ4n) is 2.24. The Balaban J connectivity index is 1.91. The number of aryl methyl sites for hydroxylation is 2. The van der Waals surface area contributed by atoms with Crippen molar-refractivity contribution >= 4 is 41.2 Å². The topological polar surface area (TPSA) is 0 Å². The zero-order valence-corrected chi connectivity index (χ0v) is 16.6. The molecule has 0 aliphatic rings. The van der Waals surface area contributed by atoms with Gasteiger partial charge in [-0.3, -0.25) is 0 Å². The summed E-state index contributed by atoms with van der Waals surface area (Å²) in [6.07, 6.45) is 2.16. The normalized spacial score (nSPS) is 10.5. The first-order valence-corrected chi connectivity index (χ1v) is 10.1. The van der Waals surface area contributed by atoms with Crippen LogP contribution < -0.4 is 0 Å². The summed E-state index contributed by atoms with van der Waals surface area (Å²) >= 11 is 9.88. The summed E-state index contributed by atoms with van der Waals surface area (Å²) in [5.74, 6) is 0. The summed E-state index contributed by atoms with van der Waals surface area (Å²) in [5.41, 5.74) is 3.58. The minimum Gasteiger partial charge on any atom is -0.0837 e. The quantitative estimate of drug-likeness (QED) is 0.412. The summed E-state index contributed by atoms with van der Waals surface area (Å²) in [4.78, 5) is 2.45. The van der Waals surface area contributed by atoms with Crippen LogP contribution in [-0.4, -0.2) is 0 Å². The van der Waals surface area contributed by atoms with E-state index in [1.807, 2.05) is 24.3 Å². The van der Waals surface area contributed by atoms with Crippen molar-refractivity contribution in [3.8, 4) is 0 Å². The van der Waals surface area contributed by atoms with Crippen molar-refractivity contribution in [1.29, 1.82) is 0 Å². The molecule has 3 aromatic rings. The second-order valence-corrected chi connectivity index (χ2v) is 8.71. The van der Waals surface area contributed by atoms with Gasteiger partial charge in [0.05, 0.1) is 4.24 Å². The smallest absolute Gasteiger partial charge is 0.0505 e. The van der Waals surface area contributed by atoms with Crippen LogP contribution in [0.4, 0.5) is 0 Å². The molecule has 0 unspecified atom stereocenters. The van der Waals surface area contributed by atoms with E-state index in [-0.39, 0.29) is 0 Å². The van der Waals surface area contributed by atoms with Gasteiger partial charge in [-0.2, -0.15) is 0 Å². The van der Waals surface area contributed by atoms with Crippen LogP contribution in [0, 0.1) is 13.8 Å². The Hall–Kier alpha value is -1.61. The molecule has 0 nitrogen and oxygen atoms in total. The molecule has 3 heteroatoms. The molecule has 0 radical (unpaired) electrons. The van der Waals surface area contributed by atoms with Crippen LogP contribution >= 0.6 is 35.1 Å². The molecule has 0 saturated carbocycles. The van der Waals surface area contributed by atoms with Gasteiger partial charge in [0.15, 0.2) is 0 Å². The lowest BCUT2D eigenvalue weighted by molar-refractivity contribution is 1.38. The fourth-order valence-corrected chi connectivity index (χ4v) is 4.56. The standard InChI is InChI=1S/C22H19ClS2/c1-16-7-11-19(12-8-16)24-22(15-18-5-3-4-6-21(18)23)25-20-13-9-17(2)10-14-20/h3-15H,1-2H3. The number of thioether (sulfide) groups is 2. The molecule has 0 aliphatic carbocycles. The highest BCUT2D eigenvalue weighted by Gasteiger charge is 2.06. The van der Waals surface area contributed by atoms with Gasteiger partial charge >= 0.3 is 0 Å². The van der Waals surface area contributed by atoms with Gasteiger partial charge in [-0.25, -0.2) is 0 Å². The molecule has 25 heavy (non-hydrogen) atoms. The third kappa shape index (κ3) is 5.43. The van der Waals surface area contributed by atoms with Crippen molar-refractivity contribution in [2.45, 2.75) is 23.6 Å². The monoisotopic (exact) mass is 382 g/mol. The molecule has 0 atom stereocenters. The van der Waals surface area contributed by atoms with Gasteiger partial charge in [-0.15, -0.1) is 0 Å². The first-order chi connectivity index (χ1) is 12.1. The summed E-state index contributed by atoms with van der Waals surface area (Å²) in [5, 5.41) is 0.772. The van der Waals surface area contributed by atoms with E-state index < -0.39 is 0 Å². The van der Waals surface area contributed by atoms with E-state index >= 15 is 0 Å². The van der Waals surface area contributed by atoms with E-state index in [4.69, 9.17) is 11.6 Å². The number of halogens is 1. The van der Waals surface area contributed by atoms with Gasteiger partial charge in [0, 0.05) is 14.8 Å². The summed E-state index contributed by atoms with van der Waals surface area (Å²) in [7, 11) is 0. The molecule has 0 N–H and O–H groups in total. The van der Waals surface area contributed by atoms with Crippen molar-refractivity contribution in [2.75, 3.05) is 0 Å². The molecule has 0 aromatic heterocycles. The average Bonchev–Trinajstić information content (AvgIpc) is 2.61. The van der Waals surface area contributed by atoms with Gasteiger partial charge in [-0.05, 0) is 55.8 Å². The molecule has 0 bridgehead atoms. The molecule has 0 heterocycles. The van der Waals surface area contributed by atoms with E-state index in [2.05, 4.69) is 68.5 Å². The summed E-state index contributed by atoms with van der Waals surface area (Å²) < 4.78 is 1.20. The van der Waals surface area contributed by atoms with Crippen molar-refractivity contribution in [3.63, 3.8) is 0 Å². The molecule has 0 spiro atoms. The third-order valence-electron chi connectivity index (χ3n) is 3.66. The van der Waals surface area contributed by atoms with Crippen LogP contribution in [0.2, 0.25) is 5.02 Å². The molecule has 3 rings (SSSR count). The molecular formula is C22H19ClS2. The molecule has 3 aromatic carbocycles. The molecule has 0 saturated heterocycles. The van der Waals surface area contributed by atoms with Gasteiger partial charge < -0.3 is 0 Å². The SMILES string of the molecule is Cc1ccc(SC(=Cc2ccccc2Cl)Sc2ccc(C)cc2)cc1. The van der Waals surface area contributed by atoms with Crippen molar-refractivity contribution in [1.82, 2.24) is 0 Å². The van der Waals surface area contributed by atoms with Crippen molar-refractivity contribution in [3.05, 3.63) is 98.7 Å². The second kappa shape index (κ2) is 8.66. The minimum absolute atomic E-state index is 0.772.